The zero-order valence-electron chi connectivity index (χ0n) is 10.3. The second-order valence-corrected chi connectivity index (χ2v) is 6.46. The van der Waals surface area contributed by atoms with Gasteiger partial charge in [-0.2, -0.15) is 0 Å². The van der Waals surface area contributed by atoms with Crippen LogP contribution >= 0.6 is 15.9 Å². The van der Waals surface area contributed by atoms with Crippen LogP contribution in [0.4, 0.5) is 4.39 Å². The van der Waals surface area contributed by atoms with Crippen LogP contribution in [0.3, 0.4) is 0 Å². The van der Waals surface area contributed by atoms with Crippen LogP contribution in [0.1, 0.15) is 18.9 Å². The van der Waals surface area contributed by atoms with Gasteiger partial charge in [0.05, 0.1) is 0 Å². The van der Waals surface area contributed by atoms with Gasteiger partial charge < -0.3 is 5.32 Å². The number of sulfonamides is 1. The molecule has 102 valence electrons. The predicted molar refractivity (Wildman–Crippen MR) is 72.3 cm³/mol. The Bertz CT molecular complexity index is 520. The van der Waals surface area contributed by atoms with E-state index < -0.39 is 15.8 Å². The first-order chi connectivity index (χ1) is 8.42. The Morgan fingerprint density at radius 2 is 2.06 bits per heavy atom. The molecular formula is C11H16BrFN2O2S. The molecule has 0 spiro atoms. The zero-order chi connectivity index (χ0) is 13.8. The van der Waals surface area contributed by atoms with Gasteiger partial charge in [-0.3, -0.25) is 0 Å². The first-order valence-corrected chi connectivity index (χ1v) is 7.82. The second kappa shape index (κ2) is 6.60. The van der Waals surface area contributed by atoms with Crippen molar-refractivity contribution in [1.82, 2.24) is 10.0 Å². The van der Waals surface area contributed by atoms with Gasteiger partial charge in [0.25, 0.3) is 0 Å². The Labute approximate surface area is 115 Å². The first kappa shape index (κ1) is 15.6. The molecule has 0 aliphatic carbocycles. The van der Waals surface area contributed by atoms with Gasteiger partial charge >= 0.3 is 0 Å². The molecule has 0 saturated carbocycles. The number of hydrogen-bond donors (Lipinski definition) is 2. The summed E-state index contributed by atoms with van der Waals surface area (Å²) in [5, 5.41) is 2.80. The van der Waals surface area contributed by atoms with E-state index in [2.05, 4.69) is 26.0 Å². The van der Waals surface area contributed by atoms with E-state index in [1.165, 1.54) is 6.07 Å². The Morgan fingerprint density at radius 3 is 2.61 bits per heavy atom. The van der Waals surface area contributed by atoms with Crippen molar-refractivity contribution in [3.8, 4) is 0 Å². The minimum Gasteiger partial charge on any atom is -0.316 e. The lowest BCUT2D eigenvalue weighted by molar-refractivity contribution is 0.545. The van der Waals surface area contributed by atoms with Crippen molar-refractivity contribution in [2.24, 2.45) is 0 Å². The Hall–Kier alpha value is -0.500. The monoisotopic (exact) mass is 338 g/mol. The van der Waals surface area contributed by atoms with Gasteiger partial charge in [-0.1, -0.05) is 22.9 Å². The minimum atomic E-state index is -3.80. The lowest BCUT2D eigenvalue weighted by Crippen LogP contribution is -2.26. The van der Waals surface area contributed by atoms with Gasteiger partial charge in [0.1, 0.15) is 10.7 Å². The molecule has 2 N–H and O–H groups in total. The third-order valence-electron chi connectivity index (χ3n) is 2.28. The summed E-state index contributed by atoms with van der Waals surface area (Å²) in [5.41, 5.74) is 0.309. The Kier molecular flexibility index (Phi) is 5.71. The van der Waals surface area contributed by atoms with E-state index >= 15 is 0 Å². The molecule has 4 nitrogen and oxygen atoms in total. The normalized spacial score (nSPS) is 11.8. The van der Waals surface area contributed by atoms with Crippen molar-refractivity contribution < 1.29 is 12.8 Å². The van der Waals surface area contributed by atoms with Crippen LogP contribution < -0.4 is 10.0 Å². The average Bonchev–Trinajstić information content (AvgIpc) is 2.31. The van der Waals surface area contributed by atoms with E-state index in [0.29, 0.717) is 16.5 Å². The van der Waals surface area contributed by atoms with Crippen molar-refractivity contribution in [3.05, 3.63) is 28.0 Å². The molecule has 1 aromatic carbocycles. The van der Waals surface area contributed by atoms with Crippen molar-refractivity contribution >= 4 is 26.0 Å². The van der Waals surface area contributed by atoms with Crippen LogP contribution in [0.2, 0.25) is 0 Å². The van der Waals surface area contributed by atoms with E-state index in [1.54, 1.807) is 13.1 Å². The molecule has 0 atom stereocenters. The highest BCUT2D eigenvalue weighted by atomic mass is 79.9. The van der Waals surface area contributed by atoms with Gasteiger partial charge in [-0.05, 0) is 25.6 Å². The van der Waals surface area contributed by atoms with E-state index in [1.807, 2.05) is 6.92 Å². The van der Waals surface area contributed by atoms with E-state index in [-0.39, 0.29) is 18.0 Å². The third kappa shape index (κ3) is 3.74. The second-order valence-electron chi connectivity index (χ2n) is 3.81. The third-order valence-corrected chi connectivity index (χ3v) is 4.20. The van der Waals surface area contributed by atoms with Crippen LogP contribution in [-0.2, 0) is 16.6 Å². The maximum atomic E-state index is 14.1. The zero-order valence-corrected chi connectivity index (χ0v) is 12.7. The van der Waals surface area contributed by atoms with Crippen molar-refractivity contribution in [2.75, 3.05) is 13.6 Å². The van der Waals surface area contributed by atoms with Gasteiger partial charge in [-0.25, -0.2) is 17.5 Å². The summed E-state index contributed by atoms with van der Waals surface area (Å²) in [5.74, 6) is -0.712. The Balaban J connectivity index is 3.23. The van der Waals surface area contributed by atoms with E-state index in [4.69, 9.17) is 0 Å². The lowest BCUT2D eigenvalue weighted by Gasteiger charge is -2.11. The molecule has 0 radical (unpaired) electrons. The summed E-state index contributed by atoms with van der Waals surface area (Å²) in [4.78, 5) is -0.324. The summed E-state index contributed by atoms with van der Waals surface area (Å²) in [6.07, 6.45) is 0.651. The first-order valence-electron chi connectivity index (χ1n) is 5.54. The summed E-state index contributed by atoms with van der Waals surface area (Å²) in [6.45, 7) is 2.39. The number of benzene rings is 1. The molecule has 0 amide bonds. The quantitative estimate of drug-likeness (QED) is 0.833. The lowest BCUT2D eigenvalue weighted by atomic mass is 10.2. The molecule has 0 aliphatic rings. The highest BCUT2D eigenvalue weighted by Gasteiger charge is 2.21. The van der Waals surface area contributed by atoms with Crippen molar-refractivity contribution in [2.45, 2.75) is 24.8 Å². The molecule has 18 heavy (non-hydrogen) atoms. The Morgan fingerprint density at radius 1 is 1.39 bits per heavy atom. The maximum absolute atomic E-state index is 14.1. The number of hydrogen-bond acceptors (Lipinski definition) is 3. The smallest absolute Gasteiger partial charge is 0.243 e. The fraction of sp³-hybridized carbons (Fsp3) is 0.455. The number of halogens is 2. The van der Waals surface area contributed by atoms with Gasteiger partial charge in [0.15, 0.2) is 0 Å². The molecule has 0 saturated heterocycles. The SMILES string of the molecule is CCCNS(=O)(=O)c1cc(Br)cc(CNC)c1F. The highest BCUT2D eigenvalue weighted by molar-refractivity contribution is 9.10. The molecule has 1 rings (SSSR count). The molecule has 0 unspecified atom stereocenters. The fourth-order valence-electron chi connectivity index (χ4n) is 1.45. The molecule has 1 aromatic rings. The maximum Gasteiger partial charge on any atom is 0.243 e. The molecule has 0 heterocycles. The predicted octanol–water partition coefficient (Wildman–Crippen LogP) is 2.00. The van der Waals surface area contributed by atoms with Crippen LogP contribution in [0.25, 0.3) is 0 Å². The minimum absolute atomic E-state index is 0.265. The van der Waals surface area contributed by atoms with Gasteiger partial charge in [0.2, 0.25) is 10.0 Å². The topological polar surface area (TPSA) is 58.2 Å². The van der Waals surface area contributed by atoms with Crippen molar-refractivity contribution in [1.29, 1.82) is 0 Å². The average molecular weight is 339 g/mol. The highest BCUT2D eigenvalue weighted by Crippen LogP contribution is 2.24. The van der Waals surface area contributed by atoms with E-state index in [0.717, 1.165) is 0 Å². The molecular weight excluding hydrogens is 323 g/mol. The van der Waals surface area contributed by atoms with E-state index in [9.17, 15) is 12.8 Å². The summed E-state index contributed by atoms with van der Waals surface area (Å²) in [6, 6.07) is 2.83. The molecule has 7 heteroatoms. The van der Waals surface area contributed by atoms with Crippen molar-refractivity contribution in [3.63, 3.8) is 0 Å². The fourth-order valence-corrected chi connectivity index (χ4v) is 3.38. The molecule has 0 aliphatic heterocycles. The van der Waals surface area contributed by atoms with Crippen LogP contribution in [0, 0.1) is 5.82 Å². The number of nitrogens with one attached hydrogen (secondary N) is 2. The summed E-state index contributed by atoms with van der Waals surface area (Å²) < 4.78 is 40.8. The summed E-state index contributed by atoms with van der Waals surface area (Å²) >= 11 is 3.19. The standard InChI is InChI=1S/C11H16BrFN2O2S/c1-3-4-15-18(16,17)10-6-9(12)5-8(7-14-2)11(10)13/h5-6,14-15H,3-4,7H2,1-2H3. The van der Waals surface area contributed by atoms with Gasteiger partial charge in [-0.15, -0.1) is 0 Å². The van der Waals surface area contributed by atoms with Crippen LogP contribution in [0.15, 0.2) is 21.5 Å². The molecule has 0 aromatic heterocycles. The van der Waals surface area contributed by atoms with Crippen LogP contribution in [-0.4, -0.2) is 22.0 Å². The van der Waals surface area contributed by atoms with Crippen LogP contribution in [0.5, 0.6) is 0 Å². The molecule has 0 bridgehead atoms. The molecule has 0 fully saturated rings. The van der Waals surface area contributed by atoms with Gasteiger partial charge in [0, 0.05) is 23.1 Å². The largest absolute Gasteiger partial charge is 0.316 e. The number of rotatable bonds is 6. The summed E-state index contributed by atoms with van der Waals surface area (Å²) in [7, 11) is -2.13.